The summed E-state index contributed by atoms with van der Waals surface area (Å²) in [7, 11) is 1.58. The quantitative estimate of drug-likeness (QED) is 0.612. The predicted molar refractivity (Wildman–Crippen MR) is 128 cm³/mol. The molecule has 0 bridgehead atoms. The summed E-state index contributed by atoms with van der Waals surface area (Å²) in [6.45, 7) is 4.26. The van der Waals surface area contributed by atoms with Gasteiger partial charge >= 0.3 is 0 Å². The van der Waals surface area contributed by atoms with Gasteiger partial charge in [0.25, 0.3) is 5.91 Å². The average Bonchev–Trinajstić information content (AvgIpc) is 3.59. The zero-order valence-electron chi connectivity index (χ0n) is 19.5. The van der Waals surface area contributed by atoms with E-state index in [1.165, 1.54) is 11.1 Å². The summed E-state index contributed by atoms with van der Waals surface area (Å²) >= 11 is 0. The summed E-state index contributed by atoms with van der Waals surface area (Å²) in [5.41, 5.74) is 8.69. The van der Waals surface area contributed by atoms with Crippen LogP contribution in [0.2, 0.25) is 0 Å². The number of rotatable bonds is 9. The van der Waals surface area contributed by atoms with Crippen molar-refractivity contribution in [2.24, 2.45) is 5.73 Å². The zero-order chi connectivity index (χ0) is 23.4. The van der Waals surface area contributed by atoms with Crippen LogP contribution in [-0.2, 0) is 11.3 Å². The van der Waals surface area contributed by atoms with Crippen LogP contribution in [0.3, 0.4) is 0 Å². The van der Waals surface area contributed by atoms with Crippen molar-refractivity contribution < 1.29 is 14.3 Å². The molecule has 3 N–H and O–H groups in total. The molecule has 0 radical (unpaired) electrons. The first-order chi connectivity index (χ1) is 16.0. The van der Waals surface area contributed by atoms with Crippen molar-refractivity contribution in [3.8, 4) is 5.75 Å². The van der Waals surface area contributed by atoms with E-state index < -0.39 is 6.04 Å². The van der Waals surface area contributed by atoms with Crippen molar-refractivity contribution in [2.75, 3.05) is 26.7 Å². The minimum absolute atomic E-state index is 0.125. The molecule has 1 aliphatic carbocycles. The Morgan fingerprint density at radius 2 is 1.94 bits per heavy atom. The first-order valence-corrected chi connectivity index (χ1v) is 11.7. The van der Waals surface area contributed by atoms with Crippen molar-refractivity contribution in [1.82, 2.24) is 15.1 Å². The van der Waals surface area contributed by atoms with E-state index in [1.54, 1.807) is 30.2 Å². The standard InChI is InChI=1S/C26H34N4O3/c1-18-6-3-4-7-20(18)16-29(21-10-11-21)22-15-24(25(31)28-13-12-27)30(17-22)26(32)19-8-5-9-23(14-19)33-2/h3-9,14,21-22,24H,10-13,15-17,27H2,1-2H3,(H,28,31). The minimum atomic E-state index is -0.515. The normalized spacial score (nSPS) is 20.2. The lowest BCUT2D eigenvalue weighted by atomic mass is 10.1. The summed E-state index contributed by atoms with van der Waals surface area (Å²) in [6, 6.07) is 15.7. The summed E-state index contributed by atoms with van der Waals surface area (Å²) in [6.07, 6.45) is 2.95. The second kappa shape index (κ2) is 10.4. The molecular formula is C26H34N4O3. The molecule has 7 heteroatoms. The lowest BCUT2D eigenvalue weighted by Gasteiger charge is -2.29. The average molecular weight is 451 g/mol. The van der Waals surface area contributed by atoms with Gasteiger partial charge in [-0.25, -0.2) is 0 Å². The SMILES string of the molecule is COc1cccc(C(=O)N2CC(N(Cc3ccccc3C)C3CC3)CC2C(=O)NCCN)c1. The van der Waals surface area contributed by atoms with Crippen LogP contribution in [0.1, 0.15) is 40.7 Å². The van der Waals surface area contributed by atoms with E-state index in [9.17, 15) is 9.59 Å². The summed E-state index contributed by atoms with van der Waals surface area (Å²) < 4.78 is 5.30. The van der Waals surface area contributed by atoms with Crippen molar-refractivity contribution in [3.63, 3.8) is 0 Å². The van der Waals surface area contributed by atoms with Gasteiger partial charge in [-0.15, -0.1) is 0 Å². The molecule has 7 nitrogen and oxygen atoms in total. The van der Waals surface area contributed by atoms with Gasteiger partial charge in [0.15, 0.2) is 0 Å². The second-order valence-electron chi connectivity index (χ2n) is 9.00. The molecule has 2 aromatic carbocycles. The Morgan fingerprint density at radius 1 is 1.15 bits per heavy atom. The number of nitrogens with two attached hydrogens (primary N) is 1. The largest absolute Gasteiger partial charge is 0.497 e. The molecule has 2 atom stereocenters. The van der Waals surface area contributed by atoms with E-state index in [0.717, 1.165) is 19.4 Å². The first kappa shape index (κ1) is 23.3. The van der Waals surface area contributed by atoms with Gasteiger partial charge in [-0.05, 0) is 55.5 Å². The molecule has 1 aliphatic heterocycles. The van der Waals surface area contributed by atoms with Gasteiger partial charge in [-0.1, -0.05) is 30.3 Å². The third-order valence-electron chi connectivity index (χ3n) is 6.70. The molecule has 0 spiro atoms. The number of carbonyl (C=O) groups is 2. The number of ether oxygens (including phenoxy) is 1. The van der Waals surface area contributed by atoms with Crippen molar-refractivity contribution in [2.45, 2.75) is 50.9 Å². The van der Waals surface area contributed by atoms with Crippen LogP contribution in [0.15, 0.2) is 48.5 Å². The number of hydrogen-bond acceptors (Lipinski definition) is 5. The van der Waals surface area contributed by atoms with E-state index >= 15 is 0 Å². The number of nitrogens with zero attached hydrogens (tertiary/aromatic N) is 2. The highest BCUT2D eigenvalue weighted by atomic mass is 16.5. The van der Waals surface area contributed by atoms with Crippen LogP contribution in [0.5, 0.6) is 5.75 Å². The molecule has 1 saturated heterocycles. The Kier molecular flexibility index (Phi) is 7.30. The Hall–Kier alpha value is -2.90. The number of methoxy groups -OCH3 is 1. The van der Waals surface area contributed by atoms with Gasteiger partial charge in [0, 0.05) is 43.8 Å². The zero-order valence-corrected chi connectivity index (χ0v) is 19.5. The fraction of sp³-hybridized carbons (Fsp3) is 0.462. The van der Waals surface area contributed by atoms with Crippen LogP contribution < -0.4 is 15.8 Å². The highest BCUT2D eigenvalue weighted by molar-refractivity contribution is 5.98. The van der Waals surface area contributed by atoms with Gasteiger partial charge in [-0.2, -0.15) is 0 Å². The fourth-order valence-corrected chi connectivity index (χ4v) is 4.71. The lowest BCUT2D eigenvalue weighted by Crippen LogP contribution is -2.47. The van der Waals surface area contributed by atoms with Crippen LogP contribution in [0, 0.1) is 6.92 Å². The van der Waals surface area contributed by atoms with Crippen LogP contribution in [0.25, 0.3) is 0 Å². The van der Waals surface area contributed by atoms with Gasteiger partial charge in [-0.3, -0.25) is 14.5 Å². The molecule has 33 heavy (non-hydrogen) atoms. The summed E-state index contributed by atoms with van der Waals surface area (Å²) in [5, 5.41) is 2.90. The summed E-state index contributed by atoms with van der Waals surface area (Å²) in [5.74, 6) is 0.349. The van der Waals surface area contributed by atoms with E-state index in [2.05, 4.69) is 41.4 Å². The lowest BCUT2D eigenvalue weighted by molar-refractivity contribution is -0.124. The van der Waals surface area contributed by atoms with Crippen molar-refractivity contribution >= 4 is 11.8 Å². The molecule has 0 aromatic heterocycles. The number of likely N-dealkylation sites (tertiary alicyclic amines) is 1. The molecule has 1 saturated carbocycles. The first-order valence-electron chi connectivity index (χ1n) is 11.7. The highest BCUT2D eigenvalue weighted by Gasteiger charge is 2.45. The Bertz CT molecular complexity index is 991. The number of amides is 2. The molecule has 2 aliphatic rings. The second-order valence-corrected chi connectivity index (χ2v) is 9.00. The van der Waals surface area contributed by atoms with Gasteiger partial charge in [0.05, 0.1) is 7.11 Å². The maximum Gasteiger partial charge on any atom is 0.254 e. The molecule has 2 amide bonds. The van der Waals surface area contributed by atoms with Gasteiger partial charge in [0.1, 0.15) is 11.8 Å². The summed E-state index contributed by atoms with van der Waals surface area (Å²) in [4.78, 5) is 30.8. The maximum absolute atomic E-state index is 13.5. The third-order valence-corrected chi connectivity index (χ3v) is 6.70. The third kappa shape index (κ3) is 5.37. The van der Waals surface area contributed by atoms with E-state index in [0.29, 0.717) is 43.4 Å². The van der Waals surface area contributed by atoms with Crippen molar-refractivity contribution in [3.05, 3.63) is 65.2 Å². The topological polar surface area (TPSA) is 87.9 Å². The predicted octanol–water partition coefficient (Wildman–Crippen LogP) is 2.33. The minimum Gasteiger partial charge on any atom is -0.497 e. The van der Waals surface area contributed by atoms with Crippen LogP contribution in [0.4, 0.5) is 0 Å². The van der Waals surface area contributed by atoms with Crippen LogP contribution in [-0.4, -0.2) is 66.5 Å². The maximum atomic E-state index is 13.5. The smallest absolute Gasteiger partial charge is 0.254 e. The van der Waals surface area contributed by atoms with E-state index in [-0.39, 0.29) is 17.9 Å². The molecule has 1 heterocycles. The molecule has 176 valence electrons. The van der Waals surface area contributed by atoms with Crippen molar-refractivity contribution in [1.29, 1.82) is 0 Å². The van der Waals surface area contributed by atoms with Crippen LogP contribution >= 0.6 is 0 Å². The number of benzene rings is 2. The molecule has 2 unspecified atom stereocenters. The van der Waals surface area contributed by atoms with Gasteiger partial charge < -0.3 is 20.7 Å². The van der Waals surface area contributed by atoms with E-state index in [4.69, 9.17) is 10.5 Å². The molecule has 2 aromatic rings. The Labute approximate surface area is 195 Å². The van der Waals surface area contributed by atoms with Gasteiger partial charge in [0.2, 0.25) is 5.91 Å². The number of nitrogens with one attached hydrogen (secondary N) is 1. The van der Waals surface area contributed by atoms with E-state index in [1.807, 2.05) is 6.07 Å². The fourth-order valence-electron chi connectivity index (χ4n) is 4.71. The Morgan fingerprint density at radius 3 is 2.64 bits per heavy atom. The molecule has 4 rings (SSSR count). The monoisotopic (exact) mass is 450 g/mol. The number of hydrogen-bond donors (Lipinski definition) is 2. The molecule has 2 fully saturated rings. The Balaban J connectivity index is 1.58. The highest BCUT2D eigenvalue weighted by Crippen LogP contribution is 2.35. The number of aryl methyl sites for hydroxylation is 1. The number of carbonyl (C=O) groups excluding carboxylic acids is 2. The molecular weight excluding hydrogens is 416 g/mol.